The smallest absolute Gasteiger partial charge is 0.326 e. The fourth-order valence-electron chi connectivity index (χ4n) is 1.70. The molecule has 0 radical (unpaired) electrons. The molecule has 0 aliphatic heterocycles. The first-order chi connectivity index (χ1) is 9.14. The minimum atomic E-state index is -1.13. The molecule has 110 valence electrons. The van der Waals surface area contributed by atoms with Gasteiger partial charge in [0.1, 0.15) is 11.9 Å². The molecule has 0 spiro atoms. The quantitative estimate of drug-likeness (QED) is 0.894. The maximum Gasteiger partial charge on any atom is 0.326 e. The van der Waals surface area contributed by atoms with E-state index in [1.165, 1.54) is 25.2 Å². The number of benzene rings is 1. The van der Waals surface area contributed by atoms with Gasteiger partial charge < -0.3 is 10.4 Å². The van der Waals surface area contributed by atoms with Gasteiger partial charge in [-0.2, -0.15) is 0 Å². The number of para-hydroxylation sites is 1. The Kier molecular flexibility index (Phi) is 4.70. The maximum atomic E-state index is 13.6. The molecule has 1 atom stereocenters. The number of carboxylic acid groups (broad SMARTS) is 1. The molecule has 1 aromatic carbocycles. The summed E-state index contributed by atoms with van der Waals surface area (Å²) in [6, 6.07) is 4.06. The van der Waals surface area contributed by atoms with Gasteiger partial charge in [0.05, 0.1) is 5.69 Å². The van der Waals surface area contributed by atoms with Crippen LogP contribution in [0.25, 0.3) is 0 Å². The Morgan fingerprint density at radius 2 is 1.85 bits per heavy atom. The van der Waals surface area contributed by atoms with E-state index in [1.54, 1.807) is 26.8 Å². The lowest BCUT2D eigenvalue weighted by molar-refractivity contribution is -0.141. The number of carbonyl (C=O) groups is 2. The van der Waals surface area contributed by atoms with Crippen molar-refractivity contribution in [1.82, 2.24) is 5.32 Å². The lowest BCUT2D eigenvalue weighted by atomic mass is 9.87. The summed E-state index contributed by atoms with van der Waals surface area (Å²) in [5, 5.41) is 11.6. The molecule has 0 heterocycles. The highest BCUT2D eigenvalue weighted by molar-refractivity contribution is 5.94. The van der Waals surface area contributed by atoms with Crippen molar-refractivity contribution in [3.8, 4) is 0 Å². The normalized spacial score (nSPS) is 12.7. The Bertz CT molecular complexity index is 511. The lowest BCUT2D eigenvalue weighted by Gasteiger charge is -2.29. The van der Waals surface area contributed by atoms with E-state index in [9.17, 15) is 14.0 Å². The molecule has 0 aliphatic carbocycles. The molecular formula is C14H19FN2O3. The molecular weight excluding hydrogens is 263 g/mol. The van der Waals surface area contributed by atoms with Crippen LogP contribution in [-0.4, -0.2) is 30.2 Å². The number of anilines is 1. The number of hydrogen-bond donors (Lipinski definition) is 2. The van der Waals surface area contributed by atoms with Crippen LogP contribution in [-0.2, 0) is 4.79 Å². The minimum absolute atomic E-state index is 0.0862. The van der Waals surface area contributed by atoms with Crippen molar-refractivity contribution in [3.63, 3.8) is 0 Å². The topological polar surface area (TPSA) is 69.6 Å². The fraction of sp³-hybridized carbons (Fsp3) is 0.429. The average molecular weight is 282 g/mol. The Balaban J connectivity index is 2.90. The zero-order chi connectivity index (χ0) is 15.5. The first-order valence-corrected chi connectivity index (χ1v) is 6.16. The minimum Gasteiger partial charge on any atom is -0.480 e. The number of aliphatic carboxylic acids is 1. The van der Waals surface area contributed by atoms with Gasteiger partial charge in [0.2, 0.25) is 0 Å². The highest BCUT2D eigenvalue weighted by Crippen LogP contribution is 2.21. The average Bonchev–Trinajstić information content (AvgIpc) is 2.33. The van der Waals surface area contributed by atoms with Crippen molar-refractivity contribution in [2.24, 2.45) is 5.41 Å². The summed E-state index contributed by atoms with van der Waals surface area (Å²) in [4.78, 5) is 24.3. The third-order valence-electron chi connectivity index (χ3n) is 2.90. The van der Waals surface area contributed by atoms with Crippen LogP contribution in [0.1, 0.15) is 20.8 Å². The number of nitrogens with zero attached hydrogens (tertiary/aromatic N) is 1. The van der Waals surface area contributed by atoms with Gasteiger partial charge in [-0.15, -0.1) is 0 Å². The van der Waals surface area contributed by atoms with Gasteiger partial charge in [-0.1, -0.05) is 32.9 Å². The van der Waals surface area contributed by atoms with Gasteiger partial charge in [0, 0.05) is 7.05 Å². The van der Waals surface area contributed by atoms with Crippen molar-refractivity contribution >= 4 is 17.7 Å². The first-order valence-electron chi connectivity index (χ1n) is 6.16. The zero-order valence-electron chi connectivity index (χ0n) is 12.0. The van der Waals surface area contributed by atoms with E-state index in [-0.39, 0.29) is 5.69 Å². The number of hydrogen-bond acceptors (Lipinski definition) is 2. The molecule has 0 bridgehead atoms. The summed E-state index contributed by atoms with van der Waals surface area (Å²) in [6.45, 7) is 5.11. The number of amides is 2. The standard InChI is InChI=1S/C14H19FN2O3/c1-14(2,3)11(12(18)19)16-13(20)17(4)10-8-6-5-7-9(10)15/h5-8,11H,1-4H3,(H,16,20)(H,18,19). The van der Waals surface area contributed by atoms with Crippen LogP contribution in [0.3, 0.4) is 0 Å². The van der Waals surface area contributed by atoms with Crippen LogP contribution in [0.5, 0.6) is 0 Å². The second-order valence-corrected chi connectivity index (χ2v) is 5.60. The summed E-state index contributed by atoms with van der Waals surface area (Å²) in [7, 11) is 1.38. The number of urea groups is 1. The van der Waals surface area contributed by atoms with Crippen molar-refractivity contribution in [1.29, 1.82) is 0 Å². The highest BCUT2D eigenvalue weighted by atomic mass is 19.1. The van der Waals surface area contributed by atoms with E-state index in [4.69, 9.17) is 5.11 Å². The van der Waals surface area contributed by atoms with E-state index < -0.39 is 29.3 Å². The zero-order valence-corrected chi connectivity index (χ0v) is 12.0. The summed E-state index contributed by atoms with van der Waals surface area (Å²) < 4.78 is 13.6. The van der Waals surface area contributed by atoms with Gasteiger partial charge in [-0.05, 0) is 17.5 Å². The monoisotopic (exact) mass is 282 g/mol. The number of nitrogens with one attached hydrogen (secondary N) is 1. The Hall–Kier alpha value is -2.11. The van der Waals surface area contributed by atoms with Crippen molar-refractivity contribution in [2.45, 2.75) is 26.8 Å². The molecule has 0 fully saturated rings. The van der Waals surface area contributed by atoms with Crippen molar-refractivity contribution in [2.75, 3.05) is 11.9 Å². The predicted molar refractivity (Wildman–Crippen MR) is 74.2 cm³/mol. The van der Waals surface area contributed by atoms with E-state index >= 15 is 0 Å². The molecule has 20 heavy (non-hydrogen) atoms. The second-order valence-electron chi connectivity index (χ2n) is 5.60. The maximum absolute atomic E-state index is 13.6. The third-order valence-corrected chi connectivity index (χ3v) is 2.90. The van der Waals surface area contributed by atoms with Crippen LogP contribution in [0.2, 0.25) is 0 Å². The highest BCUT2D eigenvalue weighted by Gasteiger charge is 2.33. The van der Waals surface area contributed by atoms with E-state index in [0.29, 0.717) is 0 Å². The van der Waals surface area contributed by atoms with Gasteiger partial charge in [-0.3, -0.25) is 4.90 Å². The Morgan fingerprint density at radius 3 is 2.30 bits per heavy atom. The molecule has 1 rings (SSSR count). The van der Waals surface area contributed by atoms with Crippen LogP contribution >= 0.6 is 0 Å². The Labute approximate surface area is 117 Å². The summed E-state index contributed by atoms with van der Waals surface area (Å²) >= 11 is 0. The fourth-order valence-corrected chi connectivity index (χ4v) is 1.70. The number of rotatable bonds is 3. The van der Waals surface area contributed by atoms with E-state index in [1.807, 2.05) is 0 Å². The molecule has 1 unspecified atom stereocenters. The molecule has 1 aromatic rings. The molecule has 0 aromatic heterocycles. The molecule has 2 N–H and O–H groups in total. The molecule has 2 amide bonds. The molecule has 5 nitrogen and oxygen atoms in total. The molecule has 0 saturated heterocycles. The van der Waals surface area contributed by atoms with Gasteiger partial charge >= 0.3 is 12.0 Å². The van der Waals surface area contributed by atoms with Gasteiger partial charge in [0.25, 0.3) is 0 Å². The Morgan fingerprint density at radius 1 is 1.30 bits per heavy atom. The summed E-state index contributed by atoms with van der Waals surface area (Å²) in [5.41, 5.74) is -0.569. The summed E-state index contributed by atoms with van der Waals surface area (Å²) in [6.07, 6.45) is 0. The van der Waals surface area contributed by atoms with E-state index in [2.05, 4.69) is 5.32 Å². The number of carboxylic acids is 1. The van der Waals surface area contributed by atoms with Gasteiger partial charge in [0.15, 0.2) is 0 Å². The molecule has 0 aliphatic rings. The van der Waals surface area contributed by atoms with Crippen molar-refractivity contribution < 1.29 is 19.1 Å². The number of halogens is 1. The third kappa shape index (κ3) is 3.69. The van der Waals surface area contributed by atoms with Crippen LogP contribution in [0, 0.1) is 11.2 Å². The predicted octanol–water partition coefficient (Wildman–Crippen LogP) is 2.47. The van der Waals surface area contributed by atoms with Crippen LogP contribution in [0.15, 0.2) is 24.3 Å². The summed E-state index contributed by atoms with van der Waals surface area (Å²) in [5.74, 6) is -1.68. The first kappa shape index (κ1) is 15.9. The van der Waals surface area contributed by atoms with E-state index in [0.717, 1.165) is 4.90 Å². The lowest BCUT2D eigenvalue weighted by Crippen LogP contribution is -2.52. The largest absolute Gasteiger partial charge is 0.480 e. The molecule has 6 heteroatoms. The SMILES string of the molecule is CN(C(=O)NC(C(=O)O)C(C)(C)C)c1ccccc1F. The van der Waals surface area contributed by atoms with Crippen LogP contribution in [0.4, 0.5) is 14.9 Å². The molecule has 0 saturated carbocycles. The second kappa shape index (κ2) is 5.90. The van der Waals surface area contributed by atoms with Crippen molar-refractivity contribution in [3.05, 3.63) is 30.1 Å². The number of carbonyl (C=O) groups excluding carboxylic acids is 1. The van der Waals surface area contributed by atoms with Gasteiger partial charge in [-0.25, -0.2) is 14.0 Å². The van der Waals surface area contributed by atoms with Crippen LogP contribution < -0.4 is 10.2 Å².